The maximum Gasteiger partial charge on any atom is 0.363 e. The lowest BCUT2D eigenvalue weighted by molar-refractivity contribution is -0.129. The molecule has 0 N–H and O–H groups in total. The average Bonchev–Trinajstić information content (AvgIpc) is 2.97. The standard InChI is InChI=1S/C20H12FNO2/c21-17-11-4-2-7-14(17)12-18-20(23)24-19(22-18)16-10-5-8-13-6-1-3-9-15(13)16/h1-12H. The first kappa shape index (κ1) is 14.3. The Hall–Kier alpha value is -3.27. The Morgan fingerprint density at radius 2 is 1.67 bits per heavy atom. The number of carbonyl (C=O) groups is 1. The van der Waals surface area contributed by atoms with Gasteiger partial charge in [0.2, 0.25) is 5.90 Å². The van der Waals surface area contributed by atoms with E-state index in [1.165, 1.54) is 12.1 Å². The van der Waals surface area contributed by atoms with Gasteiger partial charge in [-0.05, 0) is 29.0 Å². The molecule has 3 aromatic carbocycles. The number of rotatable bonds is 2. The minimum atomic E-state index is -0.582. The average molecular weight is 317 g/mol. The monoisotopic (exact) mass is 317 g/mol. The zero-order chi connectivity index (χ0) is 16.5. The van der Waals surface area contributed by atoms with Crippen LogP contribution in [-0.4, -0.2) is 11.9 Å². The first-order valence-electron chi connectivity index (χ1n) is 7.47. The second-order valence-electron chi connectivity index (χ2n) is 5.38. The lowest BCUT2D eigenvalue weighted by Crippen LogP contribution is -2.05. The summed E-state index contributed by atoms with van der Waals surface area (Å²) < 4.78 is 19.1. The number of carbonyl (C=O) groups excluding carboxylic acids is 1. The molecular weight excluding hydrogens is 305 g/mol. The molecule has 1 heterocycles. The number of ether oxygens (including phenoxy) is 1. The van der Waals surface area contributed by atoms with E-state index in [0.717, 1.165) is 16.3 Å². The molecule has 3 nitrogen and oxygen atoms in total. The fourth-order valence-corrected chi connectivity index (χ4v) is 2.68. The van der Waals surface area contributed by atoms with E-state index in [2.05, 4.69) is 4.99 Å². The van der Waals surface area contributed by atoms with Crippen molar-refractivity contribution in [2.75, 3.05) is 0 Å². The van der Waals surface area contributed by atoms with Crippen LogP contribution in [0.25, 0.3) is 16.8 Å². The van der Waals surface area contributed by atoms with Crippen molar-refractivity contribution in [3.8, 4) is 0 Å². The van der Waals surface area contributed by atoms with Gasteiger partial charge in [-0.2, -0.15) is 0 Å². The predicted molar refractivity (Wildman–Crippen MR) is 91.0 cm³/mol. The highest BCUT2D eigenvalue weighted by Crippen LogP contribution is 2.25. The molecule has 0 saturated heterocycles. The fraction of sp³-hybridized carbons (Fsp3) is 0. The highest BCUT2D eigenvalue weighted by Gasteiger charge is 2.25. The van der Waals surface area contributed by atoms with Crippen LogP contribution in [-0.2, 0) is 9.53 Å². The molecule has 0 unspecified atom stereocenters. The van der Waals surface area contributed by atoms with Crippen LogP contribution in [0.3, 0.4) is 0 Å². The van der Waals surface area contributed by atoms with Gasteiger partial charge in [-0.15, -0.1) is 0 Å². The van der Waals surface area contributed by atoms with E-state index in [9.17, 15) is 9.18 Å². The van der Waals surface area contributed by atoms with E-state index in [-0.39, 0.29) is 11.6 Å². The minimum absolute atomic E-state index is 0.0861. The molecule has 4 heteroatoms. The number of benzene rings is 3. The number of hydrogen-bond donors (Lipinski definition) is 0. The van der Waals surface area contributed by atoms with Gasteiger partial charge in [-0.1, -0.05) is 54.6 Å². The second kappa shape index (κ2) is 5.74. The van der Waals surface area contributed by atoms with Gasteiger partial charge in [0, 0.05) is 11.1 Å². The molecule has 1 aliphatic rings. The number of halogens is 1. The third kappa shape index (κ3) is 2.48. The van der Waals surface area contributed by atoms with Gasteiger partial charge in [0.1, 0.15) is 5.82 Å². The largest absolute Gasteiger partial charge is 0.402 e. The van der Waals surface area contributed by atoms with Crippen molar-refractivity contribution < 1.29 is 13.9 Å². The van der Waals surface area contributed by atoms with Crippen molar-refractivity contribution in [3.63, 3.8) is 0 Å². The smallest absolute Gasteiger partial charge is 0.363 e. The molecule has 0 fully saturated rings. The molecule has 0 aromatic heterocycles. The topological polar surface area (TPSA) is 38.7 Å². The van der Waals surface area contributed by atoms with Gasteiger partial charge < -0.3 is 4.74 Å². The number of aliphatic imine (C=N–C) groups is 1. The van der Waals surface area contributed by atoms with Crippen LogP contribution in [0.2, 0.25) is 0 Å². The van der Waals surface area contributed by atoms with E-state index in [1.807, 2.05) is 42.5 Å². The SMILES string of the molecule is O=C1OC(c2cccc3ccccc23)=NC1=Cc1ccccc1F. The fourth-order valence-electron chi connectivity index (χ4n) is 2.68. The molecule has 0 amide bonds. The Morgan fingerprint density at radius 3 is 2.54 bits per heavy atom. The Morgan fingerprint density at radius 1 is 0.917 bits per heavy atom. The molecule has 0 saturated carbocycles. The van der Waals surface area contributed by atoms with Crippen LogP contribution < -0.4 is 0 Å². The molecule has 4 rings (SSSR count). The Labute approximate surface area is 137 Å². The number of hydrogen-bond acceptors (Lipinski definition) is 3. The number of esters is 1. The summed E-state index contributed by atoms with van der Waals surface area (Å²) in [6, 6.07) is 19.7. The zero-order valence-corrected chi connectivity index (χ0v) is 12.6. The molecule has 0 aliphatic carbocycles. The minimum Gasteiger partial charge on any atom is -0.402 e. The van der Waals surface area contributed by atoms with Crippen LogP contribution in [0, 0.1) is 5.82 Å². The molecule has 0 spiro atoms. The third-order valence-electron chi connectivity index (χ3n) is 3.84. The Kier molecular flexibility index (Phi) is 3.43. The third-order valence-corrected chi connectivity index (χ3v) is 3.84. The predicted octanol–water partition coefficient (Wildman–Crippen LogP) is 4.32. The number of cyclic esters (lactones) is 1. The van der Waals surface area contributed by atoms with E-state index < -0.39 is 11.8 Å². The number of fused-ring (bicyclic) bond motifs is 1. The second-order valence-corrected chi connectivity index (χ2v) is 5.38. The van der Waals surface area contributed by atoms with Crippen LogP contribution in [0.4, 0.5) is 4.39 Å². The van der Waals surface area contributed by atoms with E-state index in [4.69, 9.17) is 4.74 Å². The van der Waals surface area contributed by atoms with Crippen LogP contribution in [0.1, 0.15) is 11.1 Å². The van der Waals surface area contributed by atoms with Gasteiger partial charge >= 0.3 is 5.97 Å². The van der Waals surface area contributed by atoms with Gasteiger partial charge in [0.15, 0.2) is 5.70 Å². The van der Waals surface area contributed by atoms with Gasteiger partial charge in [-0.3, -0.25) is 0 Å². The summed E-state index contributed by atoms with van der Waals surface area (Å²) in [5.41, 5.74) is 1.12. The summed E-state index contributed by atoms with van der Waals surface area (Å²) >= 11 is 0. The first-order chi connectivity index (χ1) is 11.7. The summed E-state index contributed by atoms with van der Waals surface area (Å²) in [6.07, 6.45) is 1.40. The summed E-state index contributed by atoms with van der Waals surface area (Å²) in [6.45, 7) is 0. The van der Waals surface area contributed by atoms with Crippen molar-refractivity contribution in [2.45, 2.75) is 0 Å². The van der Waals surface area contributed by atoms with Gasteiger partial charge in [-0.25, -0.2) is 14.2 Å². The summed E-state index contributed by atoms with van der Waals surface area (Å²) in [5.74, 6) is -0.757. The number of nitrogens with zero attached hydrogens (tertiary/aromatic N) is 1. The summed E-state index contributed by atoms with van der Waals surface area (Å²) in [4.78, 5) is 16.3. The van der Waals surface area contributed by atoms with Crippen LogP contribution >= 0.6 is 0 Å². The first-order valence-corrected chi connectivity index (χ1v) is 7.47. The van der Waals surface area contributed by atoms with Crippen LogP contribution in [0.5, 0.6) is 0 Å². The highest BCUT2D eigenvalue weighted by molar-refractivity contribution is 6.17. The van der Waals surface area contributed by atoms with E-state index >= 15 is 0 Å². The molecule has 0 radical (unpaired) electrons. The van der Waals surface area contributed by atoms with E-state index in [1.54, 1.807) is 18.2 Å². The molecule has 0 atom stereocenters. The van der Waals surface area contributed by atoms with Crippen molar-refractivity contribution in [1.82, 2.24) is 0 Å². The lowest BCUT2D eigenvalue weighted by atomic mass is 10.0. The maximum atomic E-state index is 13.8. The molecule has 24 heavy (non-hydrogen) atoms. The molecule has 0 bridgehead atoms. The summed E-state index contributed by atoms with van der Waals surface area (Å²) in [7, 11) is 0. The van der Waals surface area contributed by atoms with E-state index in [0.29, 0.717) is 5.56 Å². The zero-order valence-electron chi connectivity index (χ0n) is 12.6. The van der Waals surface area contributed by atoms with Gasteiger partial charge in [0.05, 0.1) is 0 Å². The van der Waals surface area contributed by atoms with Crippen molar-refractivity contribution in [2.24, 2.45) is 4.99 Å². The Balaban J connectivity index is 1.80. The van der Waals surface area contributed by atoms with Crippen molar-refractivity contribution >= 4 is 28.7 Å². The molecule has 1 aliphatic heterocycles. The lowest BCUT2D eigenvalue weighted by Gasteiger charge is -2.04. The quantitative estimate of drug-likeness (QED) is 0.521. The molecular formula is C20H12FNO2. The van der Waals surface area contributed by atoms with Crippen molar-refractivity contribution in [1.29, 1.82) is 0 Å². The molecule has 3 aromatic rings. The van der Waals surface area contributed by atoms with Gasteiger partial charge in [0.25, 0.3) is 0 Å². The molecule has 116 valence electrons. The van der Waals surface area contributed by atoms with Crippen molar-refractivity contribution in [3.05, 3.63) is 89.4 Å². The Bertz CT molecular complexity index is 1020. The maximum absolute atomic E-state index is 13.8. The highest BCUT2D eigenvalue weighted by atomic mass is 19.1. The normalized spacial score (nSPS) is 15.6. The van der Waals surface area contributed by atoms with Crippen LogP contribution in [0.15, 0.2) is 77.4 Å². The summed E-state index contributed by atoms with van der Waals surface area (Å²) in [5, 5.41) is 1.97.